The molecule has 3 aromatic carbocycles. The first kappa shape index (κ1) is 33.8. The van der Waals surface area contributed by atoms with E-state index in [2.05, 4.69) is 15.6 Å². The van der Waals surface area contributed by atoms with Crippen LogP contribution in [-0.4, -0.2) is 60.6 Å². The van der Waals surface area contributed by atoms with Gasteiger partial charge in [0.2, 0.25) is 23.0 Å². The Kier molecular flexibility index (Phi) is 9.80. The summed E-state index contributed by atoms with van der Waals surface area (Å²) in [6.45, 7) is 6.15. The average molecular weight is 668 g/mol. The number of carbonyl (C=O) groups excluding carboxylic acids is 2. The van der Waals surface area contributed by atoms with Crippen LogP contribution in [0.1, 0.15) is 75.5 Å². The highest BCUT2D eigenvalue weighted by Gasteiger charge is 2.38. The lowest BCUT2D eigenvalue weighted by molar-refractivity contribution is -0.134. The molecule has 0 bridgehead atoms. The summed E-state index contributed by atoms with van der Waals surface area (Å²) in [5.41, 5.74) is 4.92. The highest BCUT2D eigenvalue weighted by Crippen LogP contribution is 2.50. The molecule has 258 valence electrons. The van der Waals surface area contributed by atoms with Gasteiger partial charge < -0.3 is 34.7 Å². The highest BCUT2D eigenvalue weighted by molar-refractivity contribution is 5.87. The van der Waals surface area contributed by atoms with E-state index in [0.717, 1.165) is 52.8 Å². The molecule has 6 rings (SSSR count). The van der Waals surface area contributed by atoms with Crippen LogP contribution in [0.2, 0.25) is 0 Å². The summed E-state index contributed by atoms with van der Waals surface area (Å²) in [6.07, 6.45) is 3.55. The number of likely N-dealkylation sites (tertiary alicyclic amines) is 1. The number of hydrogen-bond acceptors (Lipinski definition) is 8. The number of imidazole rings is 1. The second-order valence-corrected chi connectivity index (χ2v) is 12.9. The van der Waals surface area contributed by atoms with Crippen LogP contribution in [0.4, 0.5) is 5.69 Å². The fourth-order valence-corrected chi connectivity index (χ4v) is 7.30. The van der Waals surface area contributed by atoms with Crippen LogP contribution < -0.4 is 30.3 Å². The van der Waals surface area contributed by atoms with Crippen molar-refractivity contribution in [3.05, 3.63) is 75.7 Å². The van der Waals surface area contributed by atoms with Crippen molar-refractivity contribution in [1.29, 1.82) is 0 Å². The monoisotopic (exact) mass is 667 g/mol. The number of nitrogens with zero attached hydrogens (tertiary/aromatic N) is 2. The van der Waals surface area contributed by atoms with Gasteiger partial charge in [-0.1, -0.05) is 38.5 Å². The molecule has 1 aromatic heterocycles. The number of H-pyrrole nitrogens is 1. The number of hydrogen-bond donors (Lipinski definition) is 3. The normalized spacial score (nSPS) is 18.1. The third-order valence-electron chi connectivity index (χ3n) is 9.97. The van der Waals surface area contributed by atoms with Gasteiger partial charge in [-0.25, -0.2) is 4.98 Å². The molecule has 2 amide bonds. The van der Waals surface area contributed by atoms with Crippen LogP contribution in [0.3, 0.4) is 0 Å². The van der Waals surface area contributed by atoms with E-state index in [1.54, 1.807) is 33.5 Å². The number of amides is 2. The minimum atomic E-state index is -0.651. The van der Waals surface area contributed by atoms with Gasteiger partial charge >= 0.3 is 0 Å². The molecule has 2 aliphatic rings. The van der Waals surface area contributed by atoms with Gasteiger partial charge in [-0.15, -0.1) is 0 Å². The number of aromatic nitrogens is 2. The van der Waals surface area contributed by atoms with Gasteiger partial charge in [0.25, 0.3) is 0 Å². The molecule has 0 saturated carbocycles. The predicted octanol–water partition coefficient (Wildman–Crippen LogP) is 5.93. The van der Waals surface area contributed by atoms with Crippen molar-refractivity contribution in [2.24, 2.45) is 5.92 Å². The molecule has 1 saturated heterocycles. The number of ether oxygens (including phenoxy) is 3. The van der Waals surface area contributed by atoms with Gasteiger partial charge in [0.1, 0.15) is 11.9 Å². The maximum Gasteiger partial charge on any atom is 0.245 e. The van der Waals surface area contributed by atoms with E-state index in [1.165, 1.54) is 6.92 Å². The SMILES string of the molecule is CCC(C)C(Nc1ccc2c(cc1=O)C(NC(C)=O)CCc1cc(OC)c(OC)c(OC)c1-2)C(=O)N1CCCC1c1nc2ccccc2[nH]1. The standard InChI is InChI=1S/C38H45N5O6/c1-7-21(2)34(38(46)43-18-10-13-30(43)37-41-27-11-8-9-12-28(27)42-37)40-29-17-15-24-25(20-31(29)45)26(39-22(3)44)16-14-23-19-32(47-4)35(48-5)36(49-6)33(23)24/h8-9,11-12,15,17,19-21,26,30,34H,7,10,13-14,16,18H2,1-6H3,(H,39,44)(H,40,45)(H,41,42). The van der Waals surface area contributed by atoms with E-state index in [-0.39, 0.29) is 29.2 Å². The lowest BCUT2D eigenvalue weighted by Crippen LogP contribution is -2.46. The number of anilines is 1. The molecule has 4 unspecified atom stereocenters. The molecule has 11 nitrogen and oxygen atoms in total. The summed E-state index contributed by atoms with van der Waals surface area (Å²) in [7, 11) is 4.70. The fourth-order valence-electron chi connectivity index (χ4n) is 7.30. The molecular weight excluding hydrogens is 622 g/mol. The van der Waals surface area contributed by atoms with Crippen LogP contribution in [0.15, 0.2) is 53.3 Å². The molecule has 4 aromatic rings. The van der Waals surface area contributed by atoms with E-state index < -0.39 is 12.1 Å². The minimum Gasteiger partial charge on any atom is -0.493 e. The Bertz CT molecular complexity index is 1910. The third kappa shape index (κ3) is 6.41. The Balaban J connectivity index is 1.42. The van der Waals surface area contributed by atoms with Gasteiger partial charge in [0, 0.05) is 19.0 Å². The van der Waals surface area contributed by atoms with Crippen LogP contribution in [0, 0.1) is 5.92 Å². The molecule has 0 radical (unpaired) electrons. The summed E-state index contributed by atoms with van der Waals surface area (Å²) < 4.78 is 17.3. The van der Waals surface area contributed by atoms with Crippen LogP contribution in [0.5, 0.6) is 17.2 Å². The molecule has 2 heterocycles. The topological polar surface area (TPSA) is 135 Å². The third-order valence-corrected chi connectivity index (χ3v) is 9.97. The zero-order chi connectivity index (χ0) is 34.8. The number of aryl methyl sites for hydroxylation is 1. The first-order chi connectivity index (χ1) is 23.7. The fraction of sp³-hybridized carbons (Fsp3) is 0.421. The van der Waals surface area contributed by atoms with Crippen molar-refractivity contribution >= 4 is 28.5 Å². The second kappa shape index (κ2) is 14.2. The molecule has 1 aliphatic heterocycles. The Morgan fingerprint density at radius 2 is 1.82 bits per heavy atom. The summed E-state index contributed by atoms with van der Waals surface area (Å²) >= 11 is 0. The highest BCUT2D eigenvalue weighted by atomic mass is 16.5. The summed E-state index contributed by atoms with van der Waals surface area (Å²) in [4.78, 5) is 51.0. The summed E-state index contributed by atoms with van der Waals surface area (Å²) in [6, 6.07) is 13.7. The van der Waals surface area contributed by atoms with Crippen LogP contribution >= 0.6 is 0 Å². The van der Waals surface area contributed by atoms with Crippen molar-refractivity contribution in [2.75, 3.05) is 33.2 Å². The molecule has 4 atom stereocenters. The van der Waals surface area contributed by atoms with E-state index in [9.17, 15) is 14.4 Å². The number of rotatable bonds is 10. The first-order valence-electron chi connectivity index (χ1n) is 17.0. The van der Waals surface area contributed by atoms with Gasteiger partial charge in [-0.2, -0.15) is 0 Å². The zero-order valence-corrected chi connectivity index (χ0v) is 29.0. The molecule has 1 aliphatic carbocycles. The van der Waals surface area contributed by atoms with Crippen molar-refractivity contribution in [3.63, 3.8) is 0 Å². The average Bonchev–Trinajstić information content (AvgIpc) is 3.70. The quantitative estimate of drug-likeness (QED) is 0.190. The number of fused-ring (bicyclic) bond motifs is 4. The number of para-hydroxylation sites is 2. The molecule has 11 heteroatoms. The van der Waals surface area contributed by atoms with E-state index >= 15 is 0 Å². The predicted molar refractivity (Wildman–Crippen MR) is 189 cm³/mol. The van der Waals surface area contributed by atoms with Crippen LogP contribution in [0.25, 0.3) is 22.2 Å². The maximum absolute atomic E-state index is 14.4. The number of carbonyl (C=O) groups is 2. The Labute approximate surface area is 286 Å². The van der Waals surface area contributed by atoms with E-state index in [0.29, 0.717) is 47.9 Å². The Morgan fingerprint density at radius 3 is 2.51 bits per heavy atom. The smallest absolute Gasteiger partial charge is 0.245 e. The largest absolute Gasteiger partial charge is 0.493 e. The number of benzene rings is 2. The van der Waals surface area contributed by atoms with Gasteiger partial charge in [0.15, 0.2) is 11.5 Å². The molecular formula is C38H45N5O6. The second-order valence-electron chi connectivity index (χ2n) is 12.9. The number of aromatic amines is 1. The van der Waals surface area contributed by atoms with Gasteiger partial charge in [-0.3, -0.25) is 14.4 Å². The Hall–Kier alpha value is -5.06. The molecule has 0 spiro atoms. The van der Waals surface area contributed by atoms with Gasteiger partial charge in [0.05, 0.1) is 50.1 Å². The van der Waals surface area contributed by atoms with Crippen molar-refractivity contribution in [1.82, 2.24) is 20.2 Å². The van der Waals surface area contributed by atoms with Crippen molar-refractivity contribution < 1.29 is 23.8 Å². The molecule has 49 heavy (non-hydrogen) atoms. The Morgan fingerprint density at radius 1 is 1.04 bits per heavy atom. The molecule has 1 fully saturated rings. The number of nitrogens with one attached hydrogen (secondary N) is 3. The van der Waals surface area contributed by atoms with Crippen molar-refractivity contribution in [2.45, 2.75) is 71.0 Å². The number of methoxy groups -OCH3 is 3. The van der Waals surface area contributed by atoms with Crippen LogP contribution in [-0.2, 0) is 16.0 Å². The van der Waals surface area contributed by atoms with E-state index in [4.69, 9.17) is 19.2 Å². The van der Waals surface area contributed by atoms with Gasteiger partial charge in [-0.05, 0) is 78.6 Å². The maximum atomic E-state index is 14.4. The van der Waals surface area contributed by atoms with E-state index in [1.807, 2.05) is 55.1 Å². The molecule has 3 N–H and O–H groups in total. The first-order valence-corrected chi connectivity index (χ1v) is 17.0. The minimum absolute atomic E-state index is 0.0651. The lowest BCUT2D eigenvalue weighted by atomic mass is 9.95. The lowest BCUT2D eigenvalue weighted by Gasteiger charge is -2.31. The van der Waals surface area contributed by atoms with Crippen molar-refractivity contribution in [3.8, 4) is 28.4 Å². The summed E-state index contributed by atoms with van der Waals surface area (Å²) in [5, 5.41) is 6.43. The zero-order valence-electron chi connectivity index (χ0n) is 29.0. The summed E-state index contributed by atoms with van der Waals surface area (Å²) in [5.74, 6) is 1.88.